The summed E-state index contributed by atoms with van der Waals surface area (Å²) in [7, 11) is 0. The zero-order valence-corrected chi connectivity index (χ0v) is 9.55. The summed E-state index contributed by atoms with van der Waals surface area (Å²) in [5.74, 6) is -0.430. The van der Waals surface area contributed by atoms with Crippen LogP contribution in [0.2, 0.25) is 0 Å². The van der Waals surface area contributed by atoms with Gasteiger partial charge >= 0.3 is 0 Å². The summed E-state index contributed by atoms with van der Waals surface area (Å²) in [6.07, 6.45) is 0. The molecular formula is C10H16N2O2S. The molecule has 1 aromatic heterocycles. The predicted octanol–water partition coefficient (Wildman–Crippen LogP) is 0.901. The second-order valence-corrected chi connectivity index (χ2v) is 4.03. The molecule has 0 fully saturated rings. The van der Waals surface area contributed by atoms with E-state index in [9.17, 15) is 4.79 Å². The van der Waals surface area contributed by atoms with E-state index in [1.165, 1.54) is 5.56 Å². The molecule has 84 valence electrons. The Balaban J connectivity index is 2.08. The van der Waals surface area contributed by atoms with Crippen molar-refractivity contribution in [3.8, 4) is 0 Å². The summed E-state index contributed by atoms with van der Waals surface area (Å²) in [5, 5.41) is 7.45. The Bertz CT molecular complexity index is 288. The molecule has 0 radical (unpaired) electrons. The van der Waals surface area contributed by atoms with Gasteiger partial charge in [0.25, 0.3) is 0 Å². The van der Waals surface area contributed by atoms with E-state index in [2.05, 4.69) is 29.1 Å². The molecular weight excluding hydrogens is 212 g/mol. The Morgan fingerprint density at radius 1 is 1.73 bits per heavy atom. The number of carbonyl (C=O) groups excluding carboxylic acids is 1. The highest BCUT2D eigenvalue weighted by atomic mass is 32.1. The van der Waals surface area contributed by atoms with Gasteiger partial charge in [-0.05, 0) is 29.3 Å². The molecule has 1 atom stereocenters. The number of hydrogen-bond acceptors (Lipinski definition) is 4. The van der Waals surface area contributed by atoms with Gasteiger partial charge in [0.05, 0.1) is 6.61 Å². The van der Waals surface area contributed by atoms with Crippen molar-refractivity contribution in [2.24, 2.45) is 5.73 Å². The molecule has 0 spiro atoms. The van der Waals surface area contributed by atoms with Crippen molar-refractivity contribution >= 4 is 17.2 Å². The Labute approximate surface area is 93.4 Å². The van der Waals surface area contributed by atoms with Crippen molar-refractivity contribution in [3.63, 3.8) is 0 Å². The molecule has 1 heterocycles. The molecule has 1 aromatic rings. The molecule has 1 amide bonds. The SMILES string of the molecule is CC(NCCOCC(N)=O)c1ccsc1. The number of ether oxygens (including phenoxy) is 1. The Hall–Kier alpha value is -0.910. The predicted molar refractivity (Wildman–Crippen MR) is 60.8 cm³/mol. The number of thiophene rings is 1. The molecule has 0 saturated carbocycles. The summed E-state index contributed by atoms with van der Waals surface area (Å²) >= 11 is 1.68. The van der Waals surface area contributed by atoms with Crippen molar-refractivity contribution in [1.82, 2.24) is 5.32 Å². The third-order valence-corrected chi connectivity index (χ3v) is 2.69. The molecule has 1 unspecified atom stereocenters. The smallest absolute Gasteiger partial charge is 0.243 e. The summed E-state index contributed by atoms with van der Waals surface area (Å²) in [4.78, 5) is 10.4. The lowest BCUT2D eigenvalue weighted by atomic mass is 10.2. The molecule has 4 nitrogen and oxygen atoms in total. The lowest BCUT2D eigenvalue weighted by Gasteiger charge is -2.11. The van der Waals surface area contributed by atoms with Crippen molar-refractivity contribution in [3.05, 3.63) is 22.4 Å². The summed E-state index contributed by atoms with van der Waals surface area (Å²) in [5.41, 5.74) is 6.20. The molecule has 0 saturated heterocycles. The third-order valence-electron chi connectivity index (χ3n) is 1.98. The van der Waals surface area contributed by atoms with Crippen LogP contribution in [-0.2, 0) is 9.53 Å². The minimum Gasteiger partial charge on any atom is -0.370 e. The van der Waals surface area contributed by atoms with Gasteiger partial charge in [-0.3, -0.25) is 4.79 Å². The van der Waals surface area contributed by atoms with Crippen molar-refractivity contribution in [2.45, 2.75) is 13.0 Å². The van der Waals surface area contributed by atoms with Crippen molar-refractivity contribution in [2.75, 3.05) is 19.8 Å². The minimum atomic E-state index is -0.430. The van der Waals surface area contributed by atoms with Gasteiger partial charge in [-0.1, -0.05) is 0 Å². The highest BCUT2D eigenvalue weighted by molar-refractivity contribution is 7.07. The molecule has 0 aliphatic carbocycles. The topological polar surface area (TPSA) is 64.3 Å². The van der Waals surface area contributed by atoms with Crippen LogP contribution in [0.1, 0.15) is 18.5 Å². The lowest BCUT2D eigenvalue weighted by Crippen LogP contribution is -2.25. The normalized spacial score (nSPS) is 12.6. The number of amides is 1. The van der Waals surface area contributed by atoms with Gasteiger partial charge in [-0.25, -0.2) is 0 Å². The van der Waals surface area contributed by atoms with Gasteiger partial charge in [0.15, 0.2) is 0 Å². The summed E-state index contributed by atoms with van der Waals surface area (Å²) < 4.78 is 5.03. The number of nitrogens with two attached hydrogens (primary N) is 1. The maximum atomic E-state index is 10.4. The standard InChI is InChI=1S/C10H16N2O2S/c1-8(9-2-5-15-7-9)12-3-4-14-6-10(11)13/h2,5,7-8,12H,3-4,6H2,1H3,(H2,11,13). The molecule has 1 rings (SSSR count). The quantitative estimate of drug-likeness (QED) is 0.681. The van der Waals surface area contributed by atoms with Crippen LogP contribution in [0.3, 0.4) is 0 Å². The monoisotopic (exact) mass is 228 g/mol. The zero-order valence-electron chi connectivity index (χ0n) is 8.73. The van der Waals surface area contributed by atoms with Crippen molar-refractivity contribution < 1.29 is 9.53 Å². The van der Waals surface area contributed by atoms with E-state index in [1.807, 2.05) is 0 Å². The molecule has 0 aromatic carbocycles. The van der Waals surface area contributed by atoms with Crippen LogP contribution < -0.4 is 11.1 Å². The summed E-state index contributed by atoms with van der Waals surface area (Å²) in [6, 6.07) is 2.40. The van der Waals surface area contributed by atoms with Gasteiger partial charge in [-0.2, -0.15) is 11.3 Å². The molecule has 0 aliphatic heterocycles. The Kier molecular flexibility index (Phi) is 5.31. The fraction of sp³-hybridized carbons (Fsp3) is 0.500. The van der Waals surface area contributed by atoms with E-state index in [-0.39, 0.29) is 6.61 Å². The highest BCUT2D eigenvalue weighted by Crippen LogP contribution is 2.14. The Morgan fingerprint density at radius 3 is 3.13 bits per heavy atom. The van der Waals surface area contributed by atoms with Gasteiger partial charge in [0, 0.05) is 12.6 Å². The first-order valence-electron chi connectivity index (χ1n) is 4.81. The number of carbonyl (C=O) groups is 1. The van der Waals surface area contributed by atoms with E-state index < -0.39 is 5.91 Å². The number of hydrogen-bond donors (Lipinski definition) is 2. The molecule has 0 aliphatic rings. The van der Waals surface area contributed by atoms with E-state index >= 15 is 0 Å². The van der Waals surface area contributed by atoms with Gasteiger partial charge < -0.3 is 15.8 Å². The highest BCUT2D eigenvalue weighted by Gasteiger charge is 2.03. The van der Waals surface area contributed by atoms with Crippen LogP contribution in [0.25, 0.3) is 0 Å². The van der Waals surface area contributed by atoms with Crippen LogP contribution >= 0.6 is 11.3 Å². The molecule has 15 heavy (non-hydrogen) atoms. The number of nitrogens with one attached hydrogen (secondary N) is 1. The maximum absolute atomic E-state index is 10.4. The van der Waals surface area contributed by atoms with E-state index in [0.29, 0.717) is 19.2 Å². The maximum Gasteiger partial charge on any atom is 0.243 e. The Morgan fingerprint density at radius 2 is 2.53 bits per heavy atom. The fourth-order valence-electron chi connectivity index (χ4n) is 1.16. The molecule has 5 heteroatoms. The minimum absolute atomic E-state index is 0.00544. The third kappa shape index (κ3) is 4.92. The van der Waals surface area contributed by atoms with Crippen LogP contribution in [0, 0.1) is 0 Å². The largest absolute Gasteiger partial charge is 0.370 e. The van der Waals surface area contributed by atoms with Crippen LogP contribution in [0.4, 0.5) is 0 Å². The van der Waals surface area contributed by atoms with Crippen molar-refractivity contribution in [1.29, 1.82) is 0 Å². The number of primary amides is 1. The molecule has 3 N–H and O–H groups in total. The fourth-order valence-corrected chi connectivity index (χ4v) is 1.91. The van der Waals surface area contributed by atoms with Gasteiger partial charge in [-0.15, -0.1) is 0 Å². The lowest BCUT2D eigenvalue weighted by molar-refractivity contribution is -0.122. The first-order chi connectivity index (χ1) is 7.20. The molecule has 0 bridgehead atoms. The first kappa shape index (κ1) is 12.2. The van der Waals surface area contributed by atoms with E-state index in [4.69, 9.17) is 10.5 Å². The van der Waals surface area contributed by atoms with E-state index in [1.54, 1.807) is 11.3 Å². The van der Waals surface area contributed by atoms with Crippen LogP contribution in [0.5, 0.6) is 0 Å². The second-order valence-electron chi connectivity index (χ2n) is 3.25. The number of rotatable bonds is 7. The first-order valence-corrected chi connectivity index (χ1v) is 5.76. The van der Waals surface area contributed by atoms with Gasteiger partial charge in [0.2, 0.25) is 5.91 Å². The van der Waals surface area contributed by atoms with Crippen LogP contribution in [-0.4, -0.2) is 25.7 Å². The average Bonchev–Trinajstić information content (AvgIpc) is 2.69. The van der Waals surface area contributed by atoms with E-state index in [0.717, 1.165) is 0 Å². The zero-order chi connectivity index (χ0) is 11.1. The average molecular weight is 228 g/mol. The van der Waals surface area contributed by atoms with Crippen LogP contribution in [0.15, 0.2) is 16.8 Å². The van der Waals surface area contributed by atoms with Gasteiger partial charge in [0.1, 0.15) is 6.61 Å². The second kappa shape index (κ2) is 6.55. The summed E-state index contributed by atoms with van der Waals surface area (Å²) in [6.45, 7) is 3.30.